The first-order valence-corrected chi connectivity index (χ1v) is 12.8. The van der Waals surface area contributed by atoms with Gasteiger partial charge in [0, 0.05) is 28.3 Å². The highest BCUT2D eigenvalue weighted by atomic mass is 32.2. The highest BCUT2D eigenvalue weighted by molar-refractivity contribution is 7.98. The van der Waals surface area contributed by atoms with Gasteiger partial charge in [-0.25, -0.2) is 4.52 Å². The van der Waals surface area contributed by atoms with Gasteiger partial charge >= 0.3 is 0 Å². The second-order valence-corrected chi connectivity index (χ2v) is 9.33. The van der Waals surface area contributed by atoms with E-state index in [9.17, 15) is 4.79 Å². The molecular weight excluding hydrogens is 444 g/mol. The number of carbonyl (C=O) groups is 1. The van der Waals surface area contributed by atoms with E-state index in [2.05, 4.69) is 56.6 Å². The van der Waals surface area contributed by atoms with Crippen molar-refractivity contribution in [2.24, 2.45) is 5.92 Å². The molecule has 0 radical (unpaired) electrons. The second-order valence-electron chi connectivity index (χ2n) is 8.45. The number of nitrogens with one attached hydrogen (secondary N) is 3. The lowest BCUT2D eigenvalue weighted by Crippen LogP contribution is -2.35. The normalized spacial score (nSPS) is 14.3. The lowest BCUT2D eigenvalue weighted by molar-refractivity contribution is 0.0944. The number of pyridine rings is 1. The van der Waals surface area contributed by atoms with Gasteiger partial charge in [-0.15, -0.1) is 16.9 Å². The van der Waals surface area contributed by atoms with Gasteiger partial charge in [-0.05, 0) is 86.6 Å². The Hall–Kier alpha value is -3.36. The van der Waals surface area contributed by atoms with Gasteiger partial charge in [-0.1, -0.05) is 18.2 Å². The third kappa shape index (κ3) is 5.08. The number of thioether (sulfide) groups is 1. The Morgan fingerprint density at radius 2 is 1.88 bits per heavy atom. The number of nitrogens with zero attached hydrogens (tertiary/aromatic N) is 3. The molecule has 7 nitrogen and oxygen atoms in total. The smallest absolute Gasteiger partial charge is 0.251 e. The maximum Gasteiger partial charge on any atom is 0.251 e. The molecule has 0 aliphatic carbocycles. The molecule has 34 heavy (non-hydrogen) atoms. The van der Waals surface area contributed by atoms with Gasteiger partial charge in [0.15, 0.2) is 5.65 Å². The van der Waals surface area contributed by atoms with Crippen LogP contribution in [0, 0.1) is 5.92 Å². The highest BCUT2D eigenvalue weighted by Gasteiger charge is 2.15. The lowest BCUT2D eigenvalue weighted by atomic mass is 9.98. The molecule has 0 atom stereocenters. The zero-order valence-corrected chi connectivity index (χ0v) is 19.9. The van der Waals surface area contributed by atoms with Crippen molar-refractivity contribution in [2.75, 3.05) is 31.2 Å². The molecule has 3 heterocycles. The minimum atomic E-state index is -0.0342. The zero-order chi connectivity index (χ0) is 23.3. The van der Waals surface area contributed by atoms with E-state index in [1.54, 1.807) is 11.8 Å². The molecule has 2 aromatic carbocycles. The Balaban J connectivity index is 1.28. The summed E-state index contributed by atoms with van der Waals surface area (Å²) in [6.07, 6.45) is 4.29. The topological polar surface area (TPSA) is 83.3 Å². The molecule has 8 heteroatoms. The van der Waals surface area contributed by atoms with Crippen LogP contribution in [0.1, 0.15) is 23.2 Å². The van der Waals surface area contributed by atoms with E-state index in [0.717, 1.165) is 55.1 Å². The molecule has 0 unspecified atom stereocenters. The zero-order valence-electron chi connectivity index (χ0n) is 19.1. The van der Waals surface area contributed by atoms with E-state index in [1.165, 1.54) is 4.90 Å². The molecule has 2 aromatic heterocycles. The number of fused-ring (bicyclic) bond motifs is 1. The molecular formula is C26H28N6OS. The largest absolute Gasteiger partial charge is 0.352 e. The van der Waals surface area contributed by atoms with E-state index in [-0.39, 0.29) is 5.91 Å². The number of anilines is 2. The molecule has 3 N–H and O–H groups in total. The van der Waals surface area contributed by atoms with Gasteiger partial charge in [0.1, 0.15) is 0 Å². The lowest BCUT2D eigenvalue weighted by Gasteiger charge is -2.22. The molecule has 174 valence electrons. The minimum Gasteiger partial charge on any atom is -0.352 e. The van der Waals surface area contributed by atoms with Crippen LogP contribution in [0.2, 0.25) is 0 Å². The summed E-state index contributed by atoms with van der Waals surface area (Å²) < 4.78 is 1.85. The van der Waals surface area contributed by atoms with Crippen LogP contribution >= 0.6 is 11.8 Å². The molecule has 0 spiro atoms. The second kappa shape index (κ2) is 10.3. The first kappa shape index (κ1) is 22.4. The molecule has 1 fully saturated rings. The number of amides is 1. The number of aromatic nitrogens is 3. The van der Waals surface area contributed by atoms with Gasteiger partial charge < -0.3 is 16.0 Å². The Morgan fingerprint density at radius 3 is 2.68 bits per heavy atom. The average molecular weight is 473 g/mol. The summed E-state index contributed by atoms with van der Waals surface area (Å²) in [5.74, 6) is 1.03. The molecule has 0 saturated carbocycles. The van der Waals surface area contributed by atoms with Crippen molar-refractivity contribution in [3.63, 3.8) is 0 Å². The Morgan fingerprint density at radius 1 is 1.09 bits per heavy atom. The van der Waals surface area contributed by atoms with Crippen molar-refractivity contribution in [2.45, 2.75) is 17.7 Å². The van der Waals surface area contributed by atoms with Crippen LogP contribution in [0.15, 0.2) is 71.6 Å². The Labute approximate surface area is 203 Å². The van der Waals surface area contributed by atoms with E-state index >= 15 is 0 Å². The average Bonchev–Trinajstić information content (AvgIpc) is 3.31. The van der Waals surface area contributed by atoms with E-state index in [4.69, 9.17) is 0 Å². The first-order valence-electron chi connectivity index (χ1n) is 11.6. The summed E-state index contributed by atoms with van der Waals surface area (Å²) in [6.45, 7) is 2.79. The van der Waals surface area contributed by atoms with Gasteiger partial charge in [0.2, 0.25) is 5.95 Å². The number of carbonyl (C=O) groups excluding carboxylic acids is 1. The quantitative estimate of drug-likeness (QED) is 0.341. The standard InChI is InChI=1S/C26H28N6OS/c1-34-22-5-2-4-20(16-22)23-6-3-7-24-30-26(31-32(23)24)29-21-10-8-19(9-11-21)25(33)28-17-18-12-14-27-15-13-18/h2-11,16,18,27H,12-15,17H2,1H3,(H,28,33)(H,29,31). The van der Waals surface area contributed by atoms with Crippen LogP contribution < -0.4 is 16.0 Å². The number of hydrogen-bond donors (Lipinski definition) is 3. The Kier molecular flexibility index (Phi) is 6.78. The van der Waals surface area contributed by atoms with Crippen LogP contribution in [-0.4, -0.2) is 46.4 Å². The fourth-order valence-electron chi connectivity index (χ4n) is 4.22. The fraction of sp³-hybridized carbons (Fsp3) is 0.269. The Bertz CT molecular complexity index is 1280. The highest BCUT2D eigenvalue weighted by Crippen LogP contribution is 2.26. The van der Waals surface area contributed by atoms with Crippen LogP contribution in [0.25, 0.3) is 16.9 Å². The fourth-order valence-corrected chi connectivity index (χ4v) is 4.68. The molecule has 0 bridgehead atoms. The van der Waals surface area contributed by atoms with Crippen molar-refractivity contribution in [1.82, 2.24) is 25.2 Å². The van der Waals surface area contributed by atoms with Gasteiger partial charge in [-0.3, -0.25) is 4.79 Å². The van der Waals surface area contributed by atoms with Gasteiger partial charge in [0.05, 0.1) is 5.69 Å². The van der Waals surface area contributed by atoms with Crippen LogP contribution in [0.3, 0.4) is 0 Å². The van der Waals surface area contributed by atoms with Gasteiger partial charge in [-0.2, -0.15) is 4.98 Å². The predicted molar refractivity (Wildman–Crippen MR) is 138 cm³/mol. The maximum absolute atomic E-state index is 12.5. The number of rotatable bonds is 7. The summed E-state index contributed by atoms with van der Waals surface area (Å²) in [7, 11) is 0. The third-order valence-electron chi connectivity index (χ3n) is 6.14. The number of hydrogen-bond acceptors (Lipinski definition) is 6. The van der Waals surface area contributed by atoms with Gasteiger partial charge in [0.25, 0.3) is 5.91 Å². The summed E-state index contributed by atoms with van der Waals surface area (Å²) >= 11 is 1.71. The van der Waals surface area contributed by atoms with E-state index < -0.39 is 0 Å². The molecule has 1 aliphatic rings. The van der Waals surface area contributed by atoms with Crippen LogP contribution in [0.5, 0.6) is 0 Å². The van der Waals surface area contributed by atoms with E-state index in [1.807, 2.05) is 47.0 Å². The van der Waals surface area contributed by atoms with Crippen molar-refractivity contribution in [3.8, 4) is 11.3 Å². The summed E-state index contributed by atoms with van der Waals surface area (Å²) in [5, 5.41) is 14.4. The number of benzene rings is 2. The van der Waals surface area contributed by atoms with Crippen molar-refractivity contribution >= 4 is 35.0 Å². The molecule has 1 saturated heterocycles. The van der Waals surface area contributed by atoms with Crippen molar-refractivity contribution < 1.29 is 4.79 Å². The van der Waals surface area contributed by atoms with Crippen LogP contribution in [0.4, 0.5) is 11.6 Å². The van der Waals surface area contributed by atoms with Crippen molar-refractivity contribution in [1.29, 1.82) is 0 Å². The van der Waals surface area contributed by atoms with E-state index in [0.29, 0.717) is 17.4 Å². The van der Waals surface area contributed by atoms with Crippen LogP contribution in [-0.2, 0) is 0 Å². The first-order chi connectivity index (χ1) is 16.7. The molecule has 1 aliphatic heterocycles. The monoisotopic (exact) mass is 472 g/mol. The summed E-state index contributed by atoms with van der Waals surface area (Å²) in [4.78, 5) is 18.3. The predicted octanol–water partition coefficient (Wildman–Crippen LogP) is 4.59. The van der Waals surface area contributed by atoms with Crippen molar-refractivity contribution in [3.05, 3.63) is 72.3 Å². The minimum absolute atomic E-state index is 0.0342. The summed E-state index contributed by atoms with van der Waals surface area (Å²) in [6, 6.07) is 21.8. The third-order valence-corrected chi connectivity index (χ3v) is 6.86. The molecule has 5 rings (SSSR count). The summed E-state index contributed by atoms with van der Waals surface area (Å²) in [5.41, 5.74) is 4.32. The maximum atomic E-state index is 12.5. The SMILES string of the molecule is CSc1cccc(-c2cccc3nc(Nc4ccc(C(=O)NCC5CCNCC5)cc4)nn23)c1. The number of piperidine rings is 1. The molecule has 1 amide bonds. The molecule has 4 aromatic rings.